The van der Waals surface area contributed by atoms with Crippen LogP contribution in [-0.4, -0.2) is 29.1 Å². The molecule has 0 radical (unpaired) electrons. The molecule has 2 atom stereocenters. The van der Waals surface area contributed by atoms with Crippen molar-refractivity contribution in [1.29, 1.82) is 0 Å². The number of hydrogen-bond donors (Lipinski definition) is 2. The van der Waals surface area contributed by atoms with Crippen molar-refractivity contribution in [3.05, 3.63) is 12.4 Å². The molecule has 1 aromatic rings. The molecule has 13 heavy (non-hydrogen) atoms. The first-order chi connectivity index (χ1) is 6.27. The molecular weight excluding hydrogens is 164 g/mol. The smallest absolute Gasteiger partial charge is 0.202 e. The van der Waals surface area contributed by atoms with Gasteiger partial charge in [-0.15, -0.1) is 0 Å². The lowest BCUT2D eigenvalue weighted by atomic mass is 9.95. The van der Waals surface area contributed by atoms with Crippen molar-refractivity contribution < 1.29 is 0 Å². The summed E-state index contributed by atoms with van der Waals surface area (Å²) in [5, 5.41) is 0. The molecule has 0 saturated carbocycles. The van der Waals surface area contributed by atoms with E-state index in [4.69, 9.17) is 5.73 Å². The maximum absolute atomic E-state index is 5.94. The molecule has 0 bridgehead atoms. The van der Waals surface area contributed by atoms with Gasteiger partial charge < -0.3 is 15.6 Å². The number of imidazole rings is 1. The van der Waals surface area contributed by atoms with Crippen molar-refractivity contribution in [2.45, 2.75) is 19.4 Å². The summed E-state index contributed by atoms with van der Waals surface area (Å²) in [4.78, 5) is 9.60. The van der Waals surface area contributed by atoms with Crippen molar-refractivity contribution >= 4 is 5.95 Å². The standard InChI is InChI=1S/C9H16N4/c1-7-6-13(5-2-8(7)10)9-11-3-4-12-9/h3-4,7-8H,2,5-6,10H2,1H3,(H,11,12). The van der Waals surface area contributed by atoms with E-state index >= 15 is 0 Å². The lowest BCUT2D eigenvalue weighted by Crippen LogP contribution is -2.46. The van der Waals surface area contributed by atoms with Crippen LogP contribution in [0, 0.1) is 5.92 Å². The van der Waals surface area contributed by atoms with Gasteiger partial charge in [-0.25, -0.2) is 4.98 Å². The zero-order valence-corrected chi connectivity index (χ0v) is 7.90. The minimum atomic E-state index is 0.353. The Morgan fingerprint density at radius 1 is 1.69 bits per heavy atom. The summed E-state index contributed by atoms with van der Waals surface area (Å²) in [5.74, 6) is 1.53. The van der Waals surface area contributed by atoms with Gasteiger partial charge in [0.1, 0.15) is 0 Å². The van der Waals surface area contributed by atoms with Gasteiger partial charge in [-0.3, -0.25) is 0 Å². The van der Waals surface area contributed by atoms with E-state index in [2.05, 4.69) is 21.8 Å². The summed E-state index contributed by atoms with van der Waals surface area (Å²) in [6.45, 7) is 4.22. The number of piperidine rings is 1. The zero-order chi connectivity index (χ0) is 9.26. The van der Waals surface area contributed by atoms with Gasteiger partial charge in [0.2, 0.25) is 5.95 Å². The number of nitrogens with zero attached hydrogens (tertiary/aromatic N) is 2. The van der Waals surface area contributed by atoms with Gasteiger partial charge in [-0.2, -0.15) is 0 Å². The summed E-state index contributed by atoms with van der Waals surface area (Å²) in [6.07, 6.45) is 4.70. The normalized spacial score (nSPS) is 29.2. The molecular formula is C9H16N4. The van der Waals surface area contributed by atoms with E-state index in [1.165, 1.54) is 0 Å². The highest BCUT2D eigenvalue weighted by Gasteiger charge is 2.23. The topological polar surface area (TPSA) is 57.9 Å². The molecule has 4 nitrogen and oxygen atoms in total. The minimum absolute atomic E-state index is 0.353. The molecule has 4 heteroatoms. The Bertz CT molecular complexity index is 257. The van der Waals surface area contributed by atoms with E-state index in [0.29, 0.717) is 12.0 Å². The first kappa shape index (κ1) is 8.56. The summed E-state index contributed by atoms with van der Waals surface area (Å²) >= 11 is 0. The highest BCUT2D eigenvalue weighted by molar-refractivity contribution is 5.30. The fourth-order valence-electron chi connectivity index (χ4n) is 1.79. The SMILES string of the molecule is CC1CN(c2ncc[nH]2)CCC1N. The summed E-state index contributed by atoms with van der Waals surface area (Å²) in [7, 11) is 0. The lowest BCUT2D eigenvalue weighted by molar-refractivity contribution is 0.380. The van der Waals surface area contributed by atoms with Crippen LogP contribution in [0.4, 0.5) is 5.95 Å². The summed E-state index contributed by atoms with van der Waals surface area (Å²) in [5.41, 5.74) is 5.94. The van der Waals surface area contributed by atoms with Crippen LogP contribution < -0.4 is 10.6 Å². The lowest BCUT2D eigenvalue weighted by Gasteiger charge is -2.34. The average Bonchev–Trinajstić information content (AvgIpc) is 2.62. The van der Waals surface area contributed by atoms with Gasteiger partial charge in [0.05, 0.1) is 0 Å². The maximum Gasteiger partial charge on any atom is 0.202 e. The summed E-state index contributed by atoms with van der Waals surface area (Å²) in [6, 6.07) is 0.353. The fourth-order valence-corrected chi connectivity index (χ4v) is 1.79. The molecule has 2 unspecified atom stereocenters. The quantitative estimate of drug-likeness (QED) is 0.664. The first-order valence-corrected chi connectivity index (χ1v) is 4.77. The largest absolute Gasteiger partial charge is 0.342 e. The van der Waals surface area contributed by atoms with E-state index in [1.54, 1.807) is 6.20 Å². The molecule has 1 fully saturated rings. The van der Waals surface area contributed by atoms with Gasteiger partial charge in [0.25, 0.3) is 0 Å². The second kappa shape index (κ2) is 3.38. The van der Waals surface area contributed by atoms with Crippen LogP contribution in [-0.2, 0) is 0 Å². The predicted molar refractivity (Wildman–Crippen MR) is 52.6 cm³/mol. The van der Waals surface area contributed by atoms with Crippen LogP contribution >= 0.6 is 0 Å². The Labute approximate surface area is 78.1 Å². The second-order valence-electron chi connectivity index (χ2n) is 3.79. The van der Waals surface area contributed by atoms with E-state index < -0.39 is 0 Å². The number of hydrogen-bond acceptors (Lipinski definition) is 3. The first-order valence-electron chi connectivity index (χ1n) is 4.77. The molecule has 0 spiro atoms. The monoisotopic (exact) mass is 180 g/mol. The molecule has 3 N–H and O–H groups in total. The van der Waals surface area contributed by atoms with Crippen molar-refractivity contribution in [1.82, 2.24) is 9.97 Å². The maximum atomic E-state index is 5.94. The van der Waals surface area contributed by atoms with Crippen molar-refractivity contribution in [2.75, 3.05) is 18.0 Å². The van der Waals surface area contributed by atoms with Gasteiger partial charge in [0, 0.05) is 31.5 Å². The fraction of sp³-hybridized carbons (Fsp3) is 0.667. The minimum Gasteiger partial charge on any atom is -0.342 e. The van der Waals surface area contributed by atoms with E-state index in [-0.39, 0.29) is 0 Å². The molecule has 1 aliphatic heterocycles. The third kappa shape index (κ3) is 1.67. The van der Waals surface area contributed by atoms with Crippen LogP contribution in [0.5, 0.6) is 0 Å². The molecule has 1 aromatic heterocycles. The van der Waals surface area contributed by atoms with Gasteiger partial charge >= 0.3 is 0 Å². The average molecular weight is 180 g/mol. The number of anilines is 1. The Kier molecular flexibility index (Phi) is 2.22. The van der Waals surface area contributed by atoms with Crippen LogP contribution in [0.3, 0.4) is 0 Å². The van der Waals surface area contributed by atoms with Crippen LogP contribution in [0.2, 0.25) is 0 Å². The molecule has 1 saturated heterocycles. The predicted octanol–water partition coefficient (Wildman–Crippen LogP) is 0.583. The van der Waals surface area contributed by atoms with Crippen LogP contribution in [0.1, 0.15) is 13.3 Å². The van der Waals surface area contributed by atoms with Crippen LogP contribution in [0.15, 0.2) is 12.4 Å². The molecule has 2 rings (SSSR count). The number of nitrogens with one attached hydrogen (secondary N) is 1. The van der Waals surface area contributed by atoms with Crippen molar-refractivity contribution in [2.24, 2.45) is 11.7 Å². The van der Waals surface area contributed by atoms with Gasteiger partial charge in [-0.05, 0) is 12.3 Å². The number of aromatic nitrogens is 2. The van der Waals surface area contributed by atoms with Gasteiger partial charge in [-0.1, -0.05) is 6.92 Å². The van der Waals surface area contributed by atoms with E-state index in [1.807, 2.05) is 6.20 Å². The Hall–Kier alpha value is -1.03. The molecule has 2 heterocycles. The third-order valence-corrected chi connectivity index (χ3v) is 2.75. The van der Waals surface area contributed by atoms with Crippen LogP contribution in [0.25, 0.3) is 0 Å². The van der Waals surface area contributed by atoms with Crippen molar-refractivity contribution in [3.8, 4) is 0 Å². The summed E-state index contributed by atoms with van der Waals surface area (Å²) < 4.78 is 0. The van der Waals surface area contributed by atoms with E-state index in [0.717, 1.165) is 25.5 Å². The Morgan fingerprint density at radius 2 is 2.54 bits per heavy atom. The third-order valence-electron chi connectivity index (χ3n) is 2.75. The second-order valence-corrected chi connectivity index (χ2v) is 3.79. The van der Waals surface area contributed by atoms with E-state index in [9.17, 15) is 0 Å². The van der Waals surface area contributed by atoms with Gasteiger partial charge in [0.15, 0.2) is 0 Å². The number of rotatable bonds is 1. The number of nitrogens with two attached hydrogens (primary N) is 1. The molecule has 72 valence electrons. The molecule has 0 amide bonds. The number of aromatic amines is 1. The molecule has 1 aliphatic rings. The zero-order valence-electron chi connectivity index (χ0n) is 7.90. The Balaban J connectivity index is 2.03. The highest BCUT2D eigenvalue weighted by atomic mass is 15.3. The Morgan fingerprint density at radius 3 is 3.15 bits per heavy atom. The number of H-pyrrole nitrogens is 1. The molecule has 0 aromatic carbocycles. The van der Waals surface area contributed by atoms with Crippen molar-refractivity contribution in [3.63, 3.8) is 0 Å². The molecule has 0 aliphatic carbocycles. The highest BCUT2D eigenvalue weighted by Crippen LogP contribution is 2.18.